The van der Waals surface area contributed by atoms with Crippen LogP contribution in [0.3, 0.4) is 0 Å². The average molecular weight is 278 g/mol. The minimum absolute atomic E-state index is 0.0880. The van der Waals surface area contributed by atoms with Crippen molar-refractivity contribution in [2.75, 3.05) is 12.4 Å². The monoisotopic (exact) mass is 277 g/mol. The second-order valence-corrected chi connectivity index (χ2v) is 4.68. The van der Waals surface area contributed by atoms with E-state index >= 15 is 0 Å². The summed E-state index contributed by atoms with van der Waals surface area (Å²) in [6.07, 6.45) is 0. The molecule has 0 aromatic heterocycles. The summed E-state index contributed by atoms with van der Waals surface area (Å²) in [6, 6.07) is 12.6. The van der Waals surface area contributed by atoms with Gasteiger partial charge in [-0.3, -0.25) is 0 Å². The van der Waals surface area contributed by atoms with Crippen molar-refractivity contribution in [3.8, 4) is 11.5 Å². The number of ether oxygens (including phenoxy) is 1. The minimum atomic E-state index is -0.0880. The molecule has 4 heteroatoms. The zero-order chi connectivity index (χ0) is 13.8. The van der Waals surface area contributed by atoms with Crippen LogP contribution in [0.5, 0.6) is 11.5 Å². The van der Waals surface area contributed by atoms with E-state index in [1.807, 2.05) is 37.3 Å². The Morgan fingerprint density at radius 1 is 1.21 bits per heavy atom. The van der Waals surface area contributed by atoms with Crippen LogP contribution in [0.25, 0.3) is 0 Å². The van der Waals surface area contributed by atoms with Crippen LogP contribution < -0.4 is 10.1 Å². The van der Waals surface area contributed by atoms with Crippen LogP contribution in [0.2, 0.25) is 5.02 Å². The van der Waals surface area contributed by atoms with Crippen molar-refractivity contribution in [3.63, 3.8) is 0 Å². The molecule has 2 aromatic carbocycles. The number of hydrogen-bond donors (Lipinski definition) is 2. The number of hydrogen-bond acceptors (Lipinski definition) is 3. The number of phenols is 1. The number of rotatable bonds is 4. The summed E-state index contributed by atoms with van der Waals surface area (Å²) in [4.78, 5) is 0. The van der Waals surface area contributed by atoms with Gasteiger partial charge in [-0.15, -0.1) is 0 Å². The SMILES string of the molecule is COc1ccc(O)c(C(C)Nc2ccccc2Cl)c1. The molecule has 0 bridgehead atoms. The molecule has 0 aliphatic heterocycles. The highest BCUT2D eigenvalue weighted by Crippen LogP contribution is 2.32. The maximum absolute atomic E-state index is 9.92. The maximum Gasteiger partial charge on any atom is 0.121 e. The lowest BCUT2D eigenvalue weighted by Crippen LogP contribution is -2.07. The Bertz CT molecular complexity index is 572. The summed E-state index contributed by atoms with van der Waals surface area (Å²) >= 11 is 6.10. The number of halogens is 1. The zero-order valence-electron chi connectivity index (χ0n) is 10.9. The van der Waals surface area contributed by atoms with E-state index in [0.717, 1.165) is 11.3 Å². The van der Waals surface area contributed by atoms with Crippen molar-refractivity contribution in [2.24, 2.45) is 0 Å². The number of phenolic OH excluding ortho intramolecular Hbond substituents is 1. The van der Waals surface area contributed by atoms with Gasteiger partial charge in [0.25, 0.3) is 0 Å². The number of anilines is 1. The maximum atomic E-state index is 9.92. The van der Waals surface area contributed by atoms with Gasteiger partial charge in [-0.05, 0) is 37.3 Å². The van der Waals surface area contributed by atoms with Gasteiger partial charge in [0, 0.05) is 5.56 Å². The highest BCUT2D eigenvalue weighted by molar-refractivity contribution is 6.33. The van der Waals surface area contributed by atoms with Gasteiger partial charge in [0.15, 0.2) is 0 Å². The Labute approximate surface area is 117 Å². The Kier molecular flexibility index (Phi) is 4.17. The average Bonchev–Trinajstić information content (AvgIpc) is 2.42. The molecule has 0 spiro atoms. The lowest BCUT2D eigenvalue weighted by atomic mass is 10.1. The fourth-order valence-corrected chi connectivity index (χ4v) is 2.09. The van der Waals surface area contributed by atoms with E-state index in [-0.39, 0.29) is 11.8 Å². The Hall–Kier alpha value is -1.87. The fourth-order valence-electron chi connectivity index (χ4n) is 1.90. The van der Waals surface area contributed by atoms with Gasteiger partial charge in [-0.1, -0.05) is 23.7 Å². The van der Waals surface area contributed by atoms with Crippen LogP contribution in [0.15, 0.2) is 42.5 Å². The van der Waals surface area contributed by atoms with Crippen molar-refractivity contribution < 1.29 is 9.84 Å². The lowest BCUT2D eigenvalue weighted by molar-refractivity contribution is 0.410. The summed E-state index contributed by atoms with van der Waals surface area (Å²) in [7, 11) is 1.60. The lowest BCUT2D eigenvalue weighted by Gasteiger charge is -2.18. The topological polar surface area (TPSA) is 41.5 Å². The van der Waals surface area contributed by atoms with E-state index in [4.69, 9.17) is 16.3 Å². The van der Waals surface area contributed by atoms with Crippen molar-refractivity contribution in [1.82, 2.24) is 0 Å². The second kappa shape index (κ2) is 5.85. The third-order valence-electron chi connectivity index (χ3n) is 2.95. The van der Waals surface area contributed by atoms with Gasteiger partial charge in [0.05, 0.1) is 23.9 Å². The fraction of sp³-hybridized carbons (Fsp3) is 0.200. The van der Waals surface area contributed by atoms with Crippen LogP contribution >= 0.6 is 11.6 Å². The molecule has 0 heterocycles. The molecule has 3 nitrogen and oxygen atoms in total. The second-order valence-electron chi connectivity index (χ2n) is 4.27. The van der Waals surface area contributed by atoms with Gasteiger partial charge in [0.2, 0.25) is 0 Å². The molecule has 0 aliphatic rings. The first-order valence-electron chi connectivity index (χ1n) is 6.00. The van der Waals surface area contributed by atoms with Crippen molar-refractivity contribution in [2.45, 2.75) is 13.0 Å². The summed E-state index contributed by atoms with van der Waals surface area (Å²) in [5.41, 5.74) is 1.60. The smallest absolute Gasteiger partial charge is 0.121 e. The highest BCUT2D eigenvalue weighted by atomic mass is 35.5. The molecule has 0 fully saturated rings. The standard InChI is InChI=1S/C15H16ClNO2/c1-10(17-14-6-4-3-5-13(14)16)12-9-11(19-2)7-8-15(12)18/h3-10,17-18H,1-2H3. The summed E-state index contributed by atoms with van der Waals surface area (Å²) in [5, 5.41) is 13.8. The van der Waals surface area contributed by atoms with E-state index in [9.17, 15) is 5.11 Å². The van der Waals surface area contributed by atoms with Crippen molar-refractivity contribution >= 4 is 17.3 Å². The molecular weight excluding hydrogens is 262 g/mol. The molecule has 100 valence electrons. The van der Waals surface area contributed by atoms with E-state index in [2.05, 4.69) is 5.32 Å². The third kappa shape index (κ3) is 3.12. The van der Waals surface area contributed by atoms with Gasteiger partial charge in [0.1, 0.15) is 11.5 Å². The summed E-state index contributed by atoms with van der Waals surface area (Å²) < 4.78 is 5.17. The number of aromatic hydroxyl groups is 1. The highest BCUT2D eigenvalue weighted by Gasteiger charge is 2.12. The summed E-state index contributed by atoms with van der Waals surface area (Å²) in [6.45, 7) is 1.96. The molecule has 0 radical (unpaired) electrons. The van der Waals surface area contributed by atoms with Gasteiger partial charge < -0.3 is 15.2 Å². The Morgan fingerprint density at radius 2 is 1.95 bits per heavy atom. The molecule has 0 saturated heterocycles. The molecule has 2 rings (SSSR count). The predicted octanol–water partition coefficient (Wildman–Crippen LogP) is 4.23. The zero-order valence-corrected chi connectivity index (χ0v) is 11.6. The van der Waals surface area contributed by atoms with Crippen molar-refractivity contribution in [1.29, 1.82) is 0 Å². The Balaban J connectivity index is 2.25. The van der Waals surface area contributed by atoms with Crippen molar-refractivity contribution in [3.05, 3.63) is 53.1 Å². The number of methoxy groups -OCH3 is 1. The predicted molar refractivity (Wildman–Crippen MR) is 78.1 cm³/mol. The van der Waals surface area contributed by atoms with E-state index in [0.29, 0.717) is 10.8 Å². The van der Waals surface area contributed by atoms with Gasteiger partial charge >= 0.3 is 0 Å². The van der Waals surface area contributed by atoms with Gasteiger partial charge in [-0.2, -0.15) is 0 Å². The molecular formula is C15H16ClNO2. The molecule has 1 atom stereocenters. The molecule has 19 heavy (non-hydrogen) atoms. The molecule has 0 aliphatic carbocycles. The quantitative estimate of drug-likeness (QED) is 0.879. The van der Waals surface area contributed by atoms with Crippen LogP contribution in [0.4, 0.5) is 5.69 Å². The molecule has 0 amide bonds. The molecule has 2 N–H and O–H groups in total. The Morgan fingerprint density at radius 3 is 2.63 bits per heavy atom. The van der Waals surface area contributed by atoms with Crippen LogP contribution in [-0.2, 0) is 0 Å². The van der Waals surface area contributed by atoms with Crippen LogP contribution in [0.1, 0.15) is 18.5 Å². The van der Waals surface area contributed by atoms with Crippen LogP contribution in [0, 0.1) is 0 Å². The normalized spacial score (nSPS) is 11.9. The first kappa shape index (κ1) is 13.6. The summed E-state index contributed by atoms with van der Waals surface area (Å²) in [5.74, 6) is 0.938. The minimum Gasteiger partial charge on any atom is -0.508 e. The van der Waals surface area contributed by atoms with E-state index < -0.39 is 0 Å². The van der Waals surface area contributed by atoms with Gasteiger partial charge in [-0.25, -0.2) is 0 Å². The first-order valence-corrected chi connectivity index (χ1v) is 6.37. The molecule has 1 unspecified atom stereocenters. The van der Waals surface area contributed by atoms with E-state index in [1.165, 1.54) is 0 Å². The van der Waals surface area contributed by atoms with E-state index in [1.54, 1.807) is 19.2 Å². The molecule has 0 saturated carbocycles. The first-order chi connectivity index (χ1) is 9.11. The van der Waals surface area contributed by atoms with Crippen LogP contribution in [-0.4, -0.2) is 12.2 Å². The number of benzene rings is 2. The third-order valence-corrected chi connectivity index (χ3v) is 3.28. The number of nitrogens with one attached hydrogen (secondary N) is 1. The number of para-hydroxylation sites is 1. The largest absolute Gasteiger partial charge is 0.508 e. The molecule has 2 aromatic rings.